The first-order chi connectivity index (χ1) is 14.1. The van der Waals surface area contributed by atoms with Crippen molar-refractivity contribution >= 4 is 53.3 Å². The number of hydrogen-bond donors (Lipinski definition) is 1. The Labute approximate surface area is 133 Å². The maximum absolute atomic E-state index is 8.74. The van der Waals surface area contributed by atoms with Crippen LogP contribution in [0.3, 0.4) is 0 Å². The van der Waals surface area contributed by atoms with Crippen LogP contribution in [0.2, 0.25) is 0 Å². The highest BCUT2D eigenvalue weighted by Crippen LogP contribution is 2.37. The lowest BCUT2D eigenvalue weighted by molar-refractivity contribution is 1.56. The largest absolute Gasteiger partial charge is 0.354 e. The van der Waals surface area contributed by atoms with Gasteiger partial charge in [0.2, 0.25) is 0 Å². The summed E-state index contributed by atoms with van der Waals surface area (Å²) in [5.41, 5.74) is 0.239. The topological polar surface area (TPSA) is 15.8 Å². The normalized spacial score (nSPS) is 19.0. The van der Waals surface area contributed by atoms with E-state index in [2.05, 4.69) is 4.98 Å². The highest BCUT2D eigenvalue weighted by Gasteiger charge is 2.09. The van der Waals surface area contributed by atoms with Crippen molar-refractivity contribution in [2.24, 2.45) is 0 Å². The third kappa shape index (κ3) is 1.27. The second kappa shape index (κ2) is 3.62. The fourth-order valence-electron chi connectivity index (χ4n) is 2.39. The van der Waals surface area contributed by atoms with Gasteiger partial charge in [0.1, 0.15) is 0 Å². The highest BCUT2D eigenvalue weighted by atomic mass is 32.1. The smallest absolute Gasteiger partial charge is 0.0652 e. The zero-order chi connectivity index (χ0) is 21.8. The Bertz CT molecular complexity index is 1480. The van der Waals surface area contributed by atoms with Crippen LogP contribution < -0.4 is 0 Å². The average molecular weight is 283 g/mol. The van der Waals surface area contributed by atoms with E-state index in [4.69, 9.17) is 13.7 Å². The lowest BCUT2D eigenvalue weighted by Crippen LogP contribution is -1.69. The van der Waals surface area contributed by atoms with Crippen molar-refractivity contribution in [3.8, 4) is 0 Å². The SMILES string of the molecule is [2H]c1c([2H])c([2H])c2c([nH]c3c([2H])c4c(sc5c([2H])c([2H])c([2H])c([2H])c54)c([2H])c32)c1[2H]. The third-order valence-corrected chi connectivity index (χ3v) is 4.28. The molecule has 0 amide bonds. The third-order valence-electron chi connectivity index (χ3n) is 3.26. The van der Waals surface area contributed by atoms with Crippen molar-refractivity contribution in [3.63, 3.8) is 0 Å². The van der Waals surface area contributed by atoms with Crippen LogP contribution in [-0.4, -0.2) is 4.98 Å². The lowest BCUT2D eigenvalue weighted by atomic mass is 10.1. The standard InChI is InChI=1S/C18H11NS/c1-3-7-15-11(5-1)13-10-18-14(9-16(13)19-15)12-6-2-4-8-17(12)20-18/h1-10,19H/i1D,2D,3D,4D,5D,6D,7D,8D,9D,10D. The zero-order valence-corrected chi connectivity index (χ0v) is 10.7. The van der Waals surface area contributed by atoms with Gasteiger partial charge >= 0.3 is 0 Å². The van der Waals surface area contributed by atoms with Crippen molar-refractivity contribution in [1.82, 2.24) is 4.98 Å². The summed E-state index contributed by atoms with van der Waals surface area (Å²) in [6, 6.07) is -2.98. The molecule has 3 aromatic carbocycles. The van der Waals surface area contributed by atoms with Crippen LogP contribution in [0, 0.1) is 0 Å². The van der Waals surface area contributed by atoms with Crippen LogP contribution in [0.4, 0.5) is 0 Å². The molecule has 2 heteroatoms. The average Bonchev–Trinajstić information content (AvgIpc) is 3.32. The number of hydrogen-bond acceptors (Lipinski definition) is 1. The van der Waals surface area contributed by atoms with Gasteiger partial charge < -0.3 is 4.98 Å². The predicted octanol–water partition coefficient (Wildman–Crippen LogP) is 5.69. The van der Waals surface area contributed by atoms with Crippen molar-refractivity contribution < 1.29 is 13.7 Å². The van der Waals surface area contributed by atoms with Crippen molar-refractivity contribution in [2.75, 3.05) is 0 Å². The van der Waals surface area contributed by atoms with Gasteiger partial charge in [-0.1, -0.05) is 36.3 Å². The van der Waals surface area contributed by atoms with E-state index in [1.54, 1.807) is 0 Å². The Kier molecular flexibility index (Phi) is 0.886. The number of nitrogens with one attached hydrogen (secondary N) is 1. The summed E-state index contributed by atoms with van der Waals surface area (Å²) in [6.45, 7) is 0. The maximum atomic E-state index is 8.74. The summed E-state index contributed by atoms with van der Waals surface area (Å²) in [5.74, 6) is 0. The van der Waals surface area contributed by atoms with Gasteiger partial charge in [-0.05, 0) is 24.2 Å². The first-order valence-corrected chi connectivity index (χ1v) is 6.72. The summed E-state index contributed by atoms with van der Waals surface area (Å²) in [7, 11) is 0. The van der Waals surface area contributed by atoms with E-state index in [9.17, 15) is 0 Å². The van der Waals surface area contributed by atoms with E-state index < -0.39 is 18.1 Å². The van der Waals surface area contributed by atoms with Crippen molar-refractivity contribution in [2.45, 2.75) is 0 Å². The number of benzene rings is 3. The molecule has 0 atom stereocenters. The number of aromatic amines is 1. The quantitative estimate of drug-likeness (QED) is 0.376. The predicted molar refractivity (Wildman–Crippen MR) is 88.7 cm³/mol. The molecule has 1 N–H and O–H groups in total. The molecule has 2 aromatic heterocycles. The molecule has 0 saturated carbocycles. The monoisotopic (exact) mass is 283 g/mol. The maximum Gasteiger partial charge on any atom is 0.0652 e. The van der Waals surface area contributed by atoms with Gasteiger partial charge in [0.25, 0.3) is 0 Å². The van der Waals surface area contributed by atoms with Gasteiger partial charge in [0.05, 0.1) is 13.7 Å². The van der Waals surface area contributed by atoms with Gasteiger partial charge in [0.15, 0.2) is 0 Å². The van der Waals surface area contributed by atoms with Crippen molar-refractivity contribution in [1.29, 1.82) is 0 Å². The lowest BCUT2D eigenvalue weighted by Gasteiger charge is -1.93. The molecular weight excluding hydrogens is 262 g/mol. The van der Waals surface area contributed by atoms with Crippen LogP contribution >= 0.6 is 11.3 Å². The van der Waals surface area contributed by atoms with E-state index in [1.165, 1.54) is 0 Å². The molecule has 0 aliphatic heterocycles. The fourth-order valence-corrected chi connectivity index (χ4v) is 3.36. The van der Waals surface area contributed by atoms with E-state index in [0.717, 1.165) is 11.3 Å². The molecule has 0 aliphatic rings. The first-order valence-electron chi connectivity index (χ1n) is 10.9. The van der Waals surface area contributed by atoms with Gasteiger partial charge in [-0.2, -0.15) is 0 Å². The minimum atomic E-state index is -0.435. The number of para-hydroxylation sites is 1. The Hall–Kier alpha value is -2.32. The molecule has 94 valence electrons. The summed E-state index contributed by atoms with van der Waals surface area (Å²) < 4.78 is 82.5. The van der Waals surface area contributed by atoms with Crippen LogP contribution in [0.5, 0.6) is 0 Å². The van der Waals surface area contributed by atoms with Gasteiger partial charge in [-0.25, -0.2) is 0 Å². The number of thiophene rings is 1. The number of rotatable bonds is 0. The molecule has 5 rings (SSSR count). The molecular formula is C18H11NS. The number of aromatic nitrogens is 1. The molecule has 0 bridgehead atoms. The van der Waals surface area contributed by atoms with Crippen LogP contribution in [0.1, 0.15) is 13.7 Å². The Morgan fingerprint density at radius 2 is 1.50 bits per heavy atom. The Morgan fingerprint density at radius 1 is 0.700 bits per heavy atom. The fraction of sp³-hybridized carbons (Fsp3) is 0. The summed E-state index contributed by atoms with van der Waals surface area (Å²) in [4.78, 5) is 2.87. The van der Waals surface area contributed by atoms with E-state index in [1.807, 2.05) is 0 Å². The minimum Gasteiger partial charge on any atom is -0.354 e. The summed E-state index contributed by atoms with van der Waals surface area (Å²) >= 11 is 0.986. The summed E-state index contributed by atoms with van der Waals surface area (Å²) in [6.07, 6.45) is 0. The summed E-state index contributed by atoms with van der Waals surface area (Å²) in [5, 5.41) is 0.672. The molecule has 5 aromatic rings. The molecule has 0 unspecified atom stereocenters. The van der Waals surface area contributed by atoms with Crippen LogP contribution in [0.15, 0.2) is 60.4 Å². The minimum absolute atomic E-state index is 0.0784. The second-order valence-electron chi connectivity index (χ2n) is 4.39. The highest BCUT2D eigenvalue weighted by molar-refractivity contribution is 7.25. The molecule has 0 fully saturated rings. The Morgan fingerprint density at radius 3 is 2.45 bits per heavy atom. The van der Waals surface area contributed by atoms with Crippen molar-refractivity contribution in [3.05, 3.63) is 60.4 Å². The second-order valence-corrected chi connectivity index (χ2v) is 5.41. The molecule has 0 spiro atoms. The molecule has 0 radical (unpaired) electrons. The first kappa shape index (κ1) is 4.90. The zero-order valence-electron chi connectivity index (χ0n) is 19.9. The van der Waals surface area contributed by atoms with Gasteiger partial charge in [0, 0.05) is 42.0 Å². The Balaban J connectivity index is 2.14. The number of H-pyrrole nitrogens is 1. The van der Waals surface area contributed by atoms with Crippen LogP contribution in [-0.2, 0) is 0 Å². The molecule has 0 aliphatic carbocycles. The van der Waals surface area contributed by atoms with E-state index >= 15 is 0 Å². The van der Waals surface area contributed by atoms with E-state index in [0.29, 0.717) is 0 Å². The molecule has 2 heterocycles. The molecule has 1 nitrogen and oxygen atoms in total. The van der Waals surface area contributed by atoms with E-state index in [-0.39, 0.29) is 84.3 Å². The molecule has 0 saturated heterocycles. The van der Waals surface area contributed by atoms with Crippen LogP contribution in [0.25, 0.3) is 42.0 Å². The van der Waals surface area contributed by atoms with Gasteiger partial charge in [-0.3, -0.25) is 0 Å². The molecule has 20 heavy (non-hydrogen) atoms. The number of fused-ring (bicyclic) bond motifs is 6. The van der Waals surface area contributed by atoms with Gasteiger partial charge in [-0.15, -0.1) is 11.3 Å².